The number of carbonyl (C=O) groups is 2. The fourth-order valence-electron chi connectivity index (χ4n) is 3.46. The quantitative estimate of drug-likeness (QED) is 0.799. The number of halogens is 3. The summed E-state index contributed by atoms with van der Waals surface area (Å²) in [6, 6.07) is 1.95. The summed E-state index contributed by atoms with van der Waals surface area (Å²) in [5.41, 5.74) is 0.526. The van der Waals surface area contributed by atoms with Crippen LogP contribution in [0.1, 0.15) is 24.3 Å². The summed E-state index contributed by atoms with van der Waals surface area (Å²) in [7, 11) is 1.70. The molecule has 0 bridgehead atoms. The van der Waals surface area contributed by atoms with Gasteiger partial charge in [-0.15, -0.1) is 0 Å². The molecule has 1 aromatic rings. The Morgan fingerprint density at radius 1 is 1.48 bits per heavy atom. The lowest BCUT2D eigenvalue weighted by Gasteiger charge is -2.41. The summed E-state index contributed by atoms with van der Waals surface area (Å²) < 4.78 is 42.6. The van der Waals surface area contributed by atoms with Gasteiger partial charge in [-0.3, -0.25) is 9.69 Å². The second-order valence-corrected chi connectivity index (χ2v) is 6.58. The third-order valence-electron chi connectivity index (χ3n) is 4.68. The SMILES string of the molecule is CNC(=O)[C@@]12CCO[C@@H]1CCN(Cc1cc(C)on1)C2.O=C(O)C(F)(F)F. The molecule has 1 amide bonds. The van der Waals surface area contributed by atoms with Gasteiger partial charge in [-0.1, -0.05) is 5.16 Å². The molecule has 2 aliphatic heterocycles. The van der Waals surface area contributed by atoms with Gasteiger partial charge in [-0.25, -0.2) is 4.79 Å². The molecule has 2 N–H and O–H groups in total. The molecule has 2 saturated heterocycles. The highest BCUT2D eigenvalue weighted by molar-refractivity contribution is 5.83. The molecular formula is C16H22F3N3O5. The highest BCUT2D eigenvalue weighted by Gasteiger charge is 2.52. The summed E-state index contributed by atoms with van der Waals surface area (Å²) in [5.74, 6) is -1.84. The molecule has 1 aromatic heterocycles. The van der Waals surface area contributed by atoms with E-state index in [2.05, 4.69) is 15.4 Å². The van der Waals surface area contributed by atoms with Gasteiger partial charge in [0.1, 0.15) is 5.76 Å². The fourth-order valence-corrected chi connectivity index (χ4v) is 3.46. The Kier molecular flexibility index (Phi) is 6.47. The number of hydrogen-bond donors (Lipinski definition) is 2. The molecule has 11 heteroatoms. The first kappa shape index (κ1) is 21.2. The number of rotatable bonds is 3. The van der Waals surface area contributed by atoms with E-state index in [4.69, 9.17) is 19.2 Å². The van der Waals surface area contributed by atoms with Crippen molar-refractivity contribution in [1.82, 2.24) is 15.4 Å². The lowest BCUT2D eigenvalue weighted by atomic mass is 9.75. The first-order valence-electron chi connectivity index (χ1n) is 8.37. The maximum absolute atomic E-state index is 12.3. The first-order valence-corrected chi connectivity index (χ1v) is 8.37. The maximum atomic E-state index is 12.3. The van der Waals surface area contributed by atoms with Crippen molar-refractivity contribution in [3.63, 3.8) is 0 Å². The minimum absolute atomic E-state index is 0.0535. The monoisotopic (exact) mass is 393 g/mol. The molecule has 8 nitrogen and oxygen atoms in total. The van der Waals surface area contributed by atoms with Crippen LogP contribution in [0, 0.1) is 12.3 Å². The number of nitrogens with zero attached hydrogens (tertiary/aromatic N) is 2. The number of carbonyl (C=O) groups excluding carboxylic acids is 1. The average molecular weight is 393 g/mol. The zero-order chi connectivity index (χ0) is 20.2. The number of aryl methyl sites for hydroxylation is 1. The summed E-state index contributed by atoms with van der Waals surface area (Å²) in [5, 5.41) is 14.0. The van der Waals surface area contributed by atoms with Crippen LogP contribution in [0.15, 0.2) is 10.6 Å². The predicted octanol–water partition coefficient (Wildman–Crippen LogP) is 1.34. The van der Waals surface area contributed by atoms with Gasteiger partial charge >= 0.3 is 12.1 Å². The molecule has 0 unspecified atom stereocenters. The van der Waals surface area contributed by atoms with Crippen LogP contribution in [0.3, 0.4) is 0 Å². The van der Waals surface area contributed by atoms with E-state index < -0.39 is 17.6 Å². The van der Waals surface area contributed by atoms with Crippen LogP contribution in [0.5, 0.6) is 0 Å². The van der Waals surface area contributed by atoms with Crippen molar-refractivity contribution in [2.75, 3.05) is 26.7 Å². The van der Waals surface area contributed by atoms with E-state index in [1.54, 1.807) is 7.05 Å². The fraction of sp³-hybridized carbons (Fsp3) is 0.688. The number of fused-ring (bicyclic) bond motifs is 1. The number of ether oxygens (including phenoxy) is 1. The van der Waals surface area contributed by atoms with Crippen molar-refractivity contribution < 1.29 is 37.1 Å². The second kappa shape index (κ2) is 8.26. The van der Waals surface area contributed by atoms with Gasteiger partial charge in [0.25, 0.3) is 0 Å². The molecule has 0 spiro atoms. The number of nitrogens with one attached hydrogen (secondary N) is 1. The van der Waals surface area contributed by atoms with Gasteiger partial charge in [0.2, 0.25) is 5.91 Å². The van der Waals surface area contributed by atoms with Crippen molar-refractivity contribution >= 4 is 11.9 Å². The van der Waals surface area contributed by atoms with E-state index in [1.807, 2.05) is 13.0 Å². The smallest absolute Gasteiger partial charge is 0.475 e. The maximum Gasteiger partial charge on any atom is 0.490 e. The van der Waals surface area contributed by atoms with Gasteiger partial charge in [0.05, 0.1) is 17.2 Å². The molecule has 2 fully saturated rings. The Balaban J connectivity index is 0.000000321. The van der Waals surface area contributed by atoms with E-state index in [0.29, 0.717) is 6.61 Å². The van der Waals surface area contributed by atoms with Gasteiger partial charge in [0, 0.05) is 39.4 Å². The number of aromatic nitrogens is 1. The van der Waals surface area contributed by atoms with E-state index in [1.165, 1.54) is 0 Å². The number of piperidine rings is 1. The largest absolute Gasteiger partial charge is 0.490 e. The first-order chi connectivity index (χ1) is 12.6. The minimum atomic E-state index is -5.08. The average Bonchev–Trinajstić information content (AvgIpc) is 3.20. The molecule has 0 radical (unpaired) electrons. The molecule has 27 heavy (non-hydrogen) atoms. The third kappa shape index (κ3) is 4.98. The molecule has 2 aliphatic rings. The highest BCUT2D eigenvalue weighted by atomic mass is 19.4. The Labute approximate surface area is 153 Å². The third-order valence-corrected chi connectivity index (χ3v) is 4.68. The van der Waals surface area contributed by atoms with E-state index in [-0.39, 0.29) is 12.0 Å². The van der Waals surface area contributed by atoms with Crippen LogP contribution in [0.25, 0.3) is 0 Å². The van der Waals surface area contributed by atoms with Crippen molar-refractivity contribution in [2.24, 2.45) is 5.41 Å². The number of aliphatic carboxylic acids is 1. The molecule has 0 aliphatic carbocycles. The summed E-state index contributed by atoms with van der Waals surface area (Å²) in [6.45, 7) is 4.94. The molecule has 0 aromatic carbocycles. The Morgan fingerprint density at radius 2 is 2.15 bits per heavy atom. The van der Waals surface area contributed by atoms with Crippen molar-refractivity contribution in [3.05, 3.63) is 17.5 Å². The Morgan fingerprint density at radius 3 is 2.67 bits per heavy atom. The normalized spacial score (nSPS) is 25.3. The lowest BCUT2D eigenvalue weighted by molar-refractivity contribution is -0.192. The number of alkyl halides is 3. The van der Waals surface area contributed by atoms with Crippen LogP contribution in [-0.4, -0.2) is 66.1 Å². The van der Waals surface area contributed by atoms with Crippen molar-refractivity contribution in [3.8, 4) is 0 Å². The minimum Gasteiger partial charge on any atom is -0.475 e. The molecule has 2 atom stereocenters. The van der Waals surface area contributed by atoms with Crippen LogP contribution in [0.4, 0.5) is 13.2 Å². The van der Waals surface area contributed by atoms with Crippen LogP contribution < -0.4 is 5.32 Å². The topological polar surface area (TPSA) is 105 Å². The van der Waals surface area contributed by atoms with Gasteiger partial charge in [0.15, 0.2) is 0 Å². The van der Waals surface area contributed by atoms with Gasteiger partial charge in [-0.2, -0.15) is 13.2 Å². The molecule has 0 saturated carbocycles. The van der Waals surface area contributed by atoms with Crippen LogP contribution in [-0.2, 0) is 20.9 Å². The number of carboxylic acids is 1. The number of hydrogen-bond acceptors (Lipinski definition) is 6. The number of likely N-dealkylation sites (tertiary alicyclic amines) is 1. The zero-order valence-corrected chi connectivity index (χ0v) is 15.0. The summed E-state index contributed by atoms with van der Waals surface area (Å²) >= 11 is 0. The predicted molar refractivity (Wildman–Crippen MR) is 85.7 cm³/mol. The zero-order valence-electron chi connectivity index (χ0n) is 15.0. The summed E-state index contributed by atoms with van der Waals surface area (Å²) in [4.78, 5) is 23.5. The van der Waals surface area contributed by atoms with E-state index in [9.17, 15) is 18.0 Å². The van der Waals surface area contributed by atoms with E-state index in [0.717, 1.165) is 43.9 Å². The van der Waals surface area contributed by atoms with Crippen molar-refractivity contribution in [2.45, 2.75) is 38.6 Å². The Hall–Kier alpha value is -2.14. The highest BCUT2D eigenvalue weighted by Crippen LogP contribution is 2.41. The molecule has 3 rings (SSSR count). The van der Waals surface area contributed by atoms with Gasteiger partial charge < -0.3 is 19.7 Å². The van der Waals surface area contributed by atoms with E-state index >= 15 is 0 Å². The Bertz CT molecular complexity index is 679. The van der Waals surface area contributed by atoms with Crippen LogP contribution in [0.2, 0.25) is 0 Å². The number of carboxylic acid groups (broad SMARTS) is 1. The molecule has 3 heterocycles. The molecular weight excluding hydrogens is 371 g/mol. The second-order valence-electron chi connectivity index (χ2n) is 6.58. The lowest BCUT2D eigenvalue weighted by Crippen LogP contribution is -2.56. The van der Waals surface area contributed by atoms with Crippen LogP contribution >= 0.6 is 0 Å². The standard InChI is InChI=1S/C14H21N3O3.C2HF3O2/c1-10-7-11(16-20-10)8-17-5-3-12-14(9-17,4-6-19-12)13(18)15-2;3-2(4,5)1(6)7/h7,12H,3-6,8-9H2,1-2H3,(H,15,18);(H,6,7)/t12-,14-;/m1./s1. The van der Waals surface area contributed by atoms with Crippen molar-refractivity contribution in [1.29, 1.82) is 0 Å². The molecule has 152 valence electrons. The number of amides is 1. The summed E-state index contributed by atoms with van der Waals surface area (Å²) in [6.07, 6.45) is -3.34. The van der Waals surface area contributed by atoms with Gasteiger partial charge in [-0.05, 0) is 19.8 Å².